The van der Waals surface area contributed by atoms with E-state index in [0.717, 1.165) is 32.2 Å². The summed E-state index contributed by atoms with van der Waals surface area (Å²) in [5.74, 6) is 0.347. The first-order valence-corrected chi connectivity index (χ1v) is 8.63. The SMILES string of the molecule is CCCCN1C(=O)C2(CCCC2)NC1c1ccc(C)s1. The Bertz CT molecular complexity index is 490. The summed E-state index contributed by atoms with van der Waals surface area (Å²) in [6.45, 7) is 5.20. The average molecular weight is 292 g/mol. The van der Waals surface area contributed by atoms with Crippen LogP contribution in [0.2, 0.25) is 0 Å². The van der Waals surface area contributed by atoms with Crippen LogP contribution < -0.4 is 5.32 Å². The molecule has 3 nitrogen and oxygen atoms in total. The average Bonchev–Trinajstić information content (AvgIpc) is 3.12. The summed E-state index contributed by atoms with van der Waals surface area (Å²) in [4.78, 5) is 17.6. The zero-order valence-electron chi connectivity index (χ0n) is 12.4. The Morgan fingerprint density at radius 3 is 2.75 bits per heavy atom. The maximum absolute atomic E-state index is 12.9. The van der Waals surface area contributed by atoms with Crippen molar-refractivity contribution in [3.05, 3.63) is 21.9 Å². The molecule has 2 heterocycles. The van der Waals surface area contributed by atoms with Crippen molar-refractivity contribution in [3.63, 3.8) is 0 Å². The highest BCUT2D eigenvalue weighted by Crippen LogP contribution is 2.42. The Kier molecular flexibility index (Phi) is 3.87. The summed E-state index contributed by atoms with van der Waals surface area (Å²) < 4.78 is 0. The van der Waals surface area contributed by atoms with E-state index < -0.39 is 0 Å². The zero-order chi connectivity index (χ0) is 14.2. The fraction of sp³-hybridized carbons (Fsp3) is 0.688. The molecule has 3 rings (SSSR count). The molecule has 1 aromatic heterocycles. The number of thiophene rings is 1. The molecular formula is C16H24N2OS. The second-order valence-corrected chi connectivity index (χ2v) is 7.46. The zero-order valence-corrected chi connectivity index (χ0v) is 13.3. The molecule has 0 bridgehead atoms. The fourth-order valence-electron chi connectivity index (χ4n) is 3.51. The topological polar surface area (TPSA) is 32.3 Å². The minimum atomic E-state index is -0.254. The first-order valence-electron chi connectivity index (χ1n) is 7.81. The van der Waals surface area contributed by atoms with Gasteiger partial charge in [-0.3, -0.25) is 10.1 Å². The standard InChI is InChI=1S/C16H24N2OS/c1-3-4-11-18-14(13-8-7-12(2)20-13)17-16(15(18)19)9-5-6-10-16/h7-8,14,17H,3-6,9-11H2,1-2H3. The van der Waals surface area contributed by atoms with Crippen LogP contribution in [0.4, 0.5) is 0 Å². The van der Waals surface area contributed by atoms with Gasteiger partial charge in [-0.15, -0.1) is 11.3 Å². The normalized spacial score (nSPS) is 25.0. The van der Waals surface area contributed by atoms with Crippen LogP contribution in [-0.4, -0.2) is 22.9 Å². The van der Waals surface area contributed by atoms with E-state index >= 15 is 0 Å². The third kappa shape index (κ3) is 2.29. The molecule has 1 aliphatic carbocycles. The number of unbranched alkanes of at least 4 members (excludes halogenated alkanes) is 1. The summed E-state index contributed by atoms with van der Waals surface area (Å²) >= 11 is 1.81. The van der Waals surface area contributed by atoms with Gasteiger partial charge in [0.05, 0.1) is 5.54 Å². The van der Waals surface area contributed by atoms with Gasteiger partial charge in [0.25, 0.3) is 0 Å². The van der Waals surface area contributed by atoms with Gasteiger partial charge >= 0.3 is 0 Å². The number of carbonyl (C=O) groups excluding carboxylic acids is 1. The molecular weight excluding hydrogens is 268 g/mol. The molecule has 2 fully saturated rings. The lowest BCUT2D eigenvalue weighted by Gasteiger charge is -2.23. The molecule has 1 spiro atoms. The monoisotopic (exact) mass is 292 g/mol. The molecule has 1 amide bonds. The second-order valence-electron chi connectivity index (χ2n) is 6.14. The van der Waals surface area contributed by atoms with Crippen molar-refractivity contribution in [1.29, 1.82) is 0 Å². The Balaban J connectivity index is 1.88. The van der Waals surface area contributed by atoms with Crippen molar-refractivity contribution in [3.8, 4) is 0 Å². The molecule has 1 aliphatic heterocycles. The lowest BCUT2D eigenvalue weighted by atomic mass is 9.98. The number of hydrogen-bond acceptors (Lipinski definition) is 3. The van der Waals surface area contributed by atoms with Gasteiger partial charge in [-0.25, -0.2) is 0 Å². The van der Waals surface area contributed by atoms with Crippen LogP contribution in [0, 0.1) is 6.92 Å². The van der Waals surface area contributed by atoms with E-state index in [9.17, 15) is 4.79 Å². The molecule has 1 saturated carbocycles. The predicted octanol–water partition coefficient (Wildman–Crippen LogP) is 3.60. The van der Waals surface area contributed by atoms with E-state index in [-0.39, 0.29) is 11.7 Å². The molecule has 0 aromatic carbocycles. The number of aryl methyl sites for hydroxylation is 1. The molecule has 0 radical (unpaired) electrons. The smallest absolute Gasteiger partial charge is 0.244 e. The van der Waals surface area contributed by atoms with E-state index in [1.807, 2.05) is 11.3 Å². The molecule has 1 atom stereocenters. The molecule has 110 valence electrons. The van der Waals surface area contributed by atoms with Crippen LogP contribution in [0.1, 0.15) is 61.4 Å². The van der Waals surface area contributed by atoms with Crippen LogP contribution in [-0.2, 0) is 4.79 Å². The number of nitrogens with zero attached hydrogens (tertiary/aromatic N) is 1. The second kappa shape index (κ2) is 5.49. The first-order chi connectivity index (χ1) is 9.66. The lowest BCUT2D eigenvalue weighted by Crippen LogP contribution is -2.44. The molecule has 1 unspecified atom stereocenters. The van der Waals surface area contributed by atoms with Gasteiger partial charge in [-0.1, -0.05) is 26.2 Å². The summed E-state index contributed by atoms with van der Waals surface area (Å²) in [6.07, 6.45) is 6.69. The van der Waals surface area contributed by atoms with Gasteiger partial charge in [0.1, 0.15) is 6.17 Å². The molecule has 20 heavy (non-hydrogen) atoms. The van der Waals surface area contributed by atoms with E-state index in [1.54, 1.807) is 0 Å². The number of carbonyl (C=O) groups is 1. The van der Waals surface area contributed by atoms with Gasteiger partial charge in [-0.05, 0) is 38.3 Å². The Hall–Kier alpha value is -0.870. The van der Waals surface area contributed by atoms with Crippen molar-refractivity contribution >= 4 is 17.2 Å². The van der Waals surface area contributed by atoms with Crippen LogP contribution in [0.5, 0.6) is 0 Å². The van der Waals surface area contributed by atoms with Crippen LogP contribution in [0.25, 0.3) is 0 Å². The quantitative estimate of drug-likeness (QED) is 0.919. The highest BCUT2D eigenvalue weighted by atomic mass is 32.1. The van der Waals surface area contributed by atoms with Gasteiger partial charge in [-0.2, -0.15) is 0 Å². The number of nitrogens with one attached hydrogen (secondary N) is 1. The van der Waals surface area contributed by atoms with Crippen LogP contribution >= 0.6 is 11.3 Å². The Morgan fingerprint density at radius 2 is 2.15 bits per heavy atom. The first kappa shape index (κ1) is 14.1. The minimum absolute atomic E-state index is 0.103. The highest BCUT2D eigenvalue weighted by Gasteiger charge is 2.52. The number of rotatable bonds is 4. The van der Waals surface area contributed by atoms with Crippen LogP contribution in [0.3, 0.4) is 0 Å². The molecule has 4 heteroatoms. The summed E-state index contributed by atoms with van der Waals surface area (Å²) in [7, 11) is 0. The van der Waals surface area contributed by atoms with Gasteiger partial charge < -0.3 is 4.90 Å². The van der Waals surface area contributed by atoms with Crippen molar-refractivity contribution < 1.29 is 4.79 Å². The highest BCUT2D eigenvalue weighted by molar-refractivity contribution is 7.12. The fourth-order valence-corrected chi connectivity index (χ4v) is 4.46. The Labute approximate surface area is 125 Å². The van der Waals surface area contributed by atoms with E-state index in [0.29, 0.717) is 5.91 Å². The summed E-state index contributed by atoms with van der Waals surface area (Å²) in [6, 6.07) is 4.33. The summed E-state index contributed by atoms with van der Waals surface area (Å²) in [5, 5.41) is 3.69. The predicted molar refractivity (Wildman–Crippen MR) is 82.8 cm³/mol. The van der Waals surface area contributed by atoms with Crippen molar-refractivity contribution in [2.24, 2.45) is 0 Å². The van der Waals surface area contributed by atoms with Gasteiger partial charge in [0.2, 0.25) is 5.91 Å². The van der Waals surface area contributed by atoms with E-state index in [1.165, 1.54) is 22.6 Å². The van der Waals surface area contributed by atoms with Crippen LogP contribution in [0.15, 0.2) is 12.1 Å². The lowest BCUT2D eigenvalue weighted by molar-refractivity contribution is -0.133. The number of hydrogen-bond donors (Lipinski definition) is 1. The van der Waals surface area contributed by atoms with Gasteiger partial charge in [0.15, 0.2) is 0 Å². The van der Waals surface area contributed by atoms with Crippen molar-refractivity contribution in [1.82, 2.24) is 10.2 Å². The maximum atomic E-state index is 12.9. The Morgan fingerprint density at radius 1 is 1.40 bits per heavy atom. The third-order valence-electron chi connectivity index (χ3n) is 4.64. The molecule has 1 N–H and O–H groups in total. The van der Waals surface area contributed by atoms with E-state index in [4.69, 9.17) is 0 Å². The maximum Gasteiger partial charge on any atom is 0.244 e. The largest absolute Gasteiger partial charge is 0.320 e. The van der Waals surface area contributed by atoms with Gasteiger partial charge in [0, 0.05) is 16.3 Å². The van der Waals surface area contributed by atoms with Crippen molar-refractivity contribution in [2.75, 3.05) is 6.54 Å². The number of amides is 1. The molecule has 2 aliphatic rings. The van der Waals surface area contributed by atoms with E-state index in [2.05, 4.69) is 36.2 Å². The minimum Gasteiger partial charge on any atom is -0.320 e. The van der Waals surface area contributed by atoms with Crippen molar-refractivity contribution in [2.45, 2.75) is 64.1 Å². The molecule has 1 saturated heterocycles. The third-order valence-corrected chi connectivity index (χ3v) is 5.69. The molecule has 1 aromatic rings. The summed E-state index contributed by atoms with van der Waals surface area (Å²) in [5.41, 5.74) is -0.254.